The van der Waals surface area contributed by atoms with Crippen LogP contribution in [0.25, 0.3) is 21.5 Å². The summed E-state index contributed by atoms with van der Waals surface area (Å²) in [5, 5.41) is 4.34. The molecule has 8 heteroatoms. The fourth-order valence-corrected chi connectivity index (χ4v) is 13.7. The molecule has 0 saturated heterocycles. The molecule has 4 aliphatic rings. The highest BCUT2D eigenvalue weighted by Gasteiger charge is 2.48. The molecule has 0 aliphatic carbocycles. The summed E-state index contributed by atoms with van der Waals surface area (Å²) in [5.41, 5.74) is 21.4. The first-order chi connectivity index (χ1) is 41.1. The summed E-state index contributed by atoms with van der Waals surface area (Å²) in [6.07, 6.45) is 0. The molecule has 0 aromatic heterocycles. The second-order valence-electron chi connectivity index (χ2n) is 22.1. The van der Waals surface area contributed by atoms with E-state index in [9.17, 15) is 0 Å². The largest absolute Gasteiger partial charge is 0.458 e. The van der Waals surface area contributed by atoms with Gasteiger partial charge < -0.3 is 29.1 Å². The van der Waals surface area contributed by atoms with Gasteiger partial charge in [0.25, 0.3) is 13.4 Å². The number of ether oxygens (including phenoxy) is 2. The Morgan fingerprint density at radius 1 is 0.313 bits per heavy atom. The Hall–Kier alpha value is -10.7. The van der Waals surface area contributed by atoms with Gasteiger partial charge in [-0.15, -0.1) is 0 Å². The fourth-order valence-electron chi connectivity index (χ4n) is 13.7. The molecule has 0 bridgehead atoms. The highest BCUT2D eigenvalue weighted by molar-refractivity contribution is 7.02. The number of aryl methyl sites for hydroxylation is 1. The van der Waals surface area contributed by atoms with Crippen LogP contribution in [0, 0.1) is 6.92 Å². The van der Waals surface area contributed by atoms with Crippen LogP contribution in [0.15, 0.2) is 285 Å². The molecule has 83 heavy (non-hydrogen) atoms. The predicted octanol–water partition coefficient (Wildman–Crippen LogP) is 16.1. The topological polar surface area (TPSA) is 31.4 Å². The highest BCUT2D eigenvalue weighted by Crippen LogP contribution is 2.51. The zero-order valence-electron chi connectivity index (χ0n) is 45.4. The fraction of sp³-hybridized carbons (Fsp3) is 0.0133. The Labute approximate surface area is 483 Å². The van der Waals surface area contributed by atoms with Crippen molar-refractivity contribution in [1.82, 2.24) is 0 Å². The molecule has 0 amide bonds. The number of rotatable bonds is 8. The maximum absolute atomic E-state index is 7.60. The van der Waals surface area contributed by atoms with Gasteiger partial charge in [0.15, 0.2) is 0 Å². The number of anilines is 12. The van der Waals surface area contributed by atoms with E-state index in [0.29, 0.717) is 0 Å². The van der Waals surface area contributed by atoms with Gasteiger partial charge in [0.2, 0.25) is 0 Å². The molecule has 6 nitrogen and oxygen atoms in total. The van der Waals surface area contributed by atoms with E-state index in [1.807, 2.05) is 0 Å². The molecular weight excluding hydrogens is 1010 g/mol. The minimum Gasteiger partial charge on any atom is -0.458 e. The van der Waals surface area contributed by atoms with Crippen LogP contribution in [0.4, 0.5) is 68.2 Å². The monoisotopic (exact) mass is 1060 g/mol. The Morgan fingerprint density at radius 2 is 0.831 bits per heavy atom. The van der Waals surface area contributed by atoms with Crippen molar-refractivity contribution < 1.29 is 9.47 Å². The maximum atomic E-state index is 7.60. The zero-order valence-corrected chi connectivity index (χ0v) is 45.4. The first-order valence-corrected chi connectivity index (χ1v) is 28.5. The molecule has 0 N–H and O–H groups in total. The molecular formula is C75H50B2N4O2. The van der Waals surface area contributed by atoms with Crippen LogP contribution in [0.1, 0.15) is 5.56 Å². The van der Waals surface area contributed by atoms with Gasteiger partial charge in [0.05, 0.1) is 5.69 Å². The van der Waals surface area contributed by atoms with Crippen LogP contribution in [0.2, 0.25) is 0 Å². The minimum atomic E-state index is -0.172. The first-order valence-electron chi connectivity index (χ1n) is 28.5. The van der Waals surface area contributed by atoms with Gasteiger partial charge in [-0.3, -0.25) is 0 Å². The Morgan fingerprint density at radius 3 is 1.46 bits per heavy atom. The summed E-state index contributed by atoms with van der Waals surface area (Å²) >= 11 is 0. The summed E-state index contributed by atoms with van der Waals surface area (Å²) in [6.45, 7) is 1.85. The molecule has 4 heterocycles. The van der Waals surface area contributed by atoms with E-state index in [-0.39, 0.29) is 13.4 Å². The second-order valence-corrected chi connectivity index (χ2v) is 22.1. The van der Waals surface area contributed by atoms with Gasteiger partial charge in [0.1, 0.15) is 23.0 Å². The van der Waals surface area contributed by atoms with Gasteiger partial charge in [-0.1, -0.05) is 157 Å². The lowest BCUT2D eigenvalue weighted by Gasteiger charge is -2.45. The van der Waals surface area contributed by atoms with Gasteiger partial charge in [-0.2, -0.15) is 0 Å². The Bertz CT molecular complexity index is 4640. The zero-order chi connectivity index (χ0) is 54.7. The number of hydrogen-bond donors (Lipinski definition) is 0. The molecule has 0 saturated carbocycles. The van der Waals surface area contributed by atoms with E-state index in [1.54, 1.807) is 0 Å². The number of fused-ring (bicyclic) bond motifs is 12. The summed E-state index contributed by atoms with van der Waals surface area (Å²) in [5.74, 6) is 3.31. The standard InChI is InChI=1S/C75H50B2N4O2/c1-49-35-37-57(38-36-49)80-66-33-19-17-31-62(66)76-64-47-65-70(83-75-61-42-40-59(79(54-25-11-4-12-26-54)55-27-13-5-14-28-55)44-51(61)46-71-73(75)77(65)63-32-18-20-34-69(63)82-71)48-67(64)81(56-29-15-6-16-30-56)74-60-41-39-58(43-50(60)45-68(80)72(74)76)78(52-21-7-2-8-22-52)53-23-9-3-10-24-53/h2-48H,1H3. The highest BCUT2D eigenvalue weighted by atomic mass is 16.5. The molecule has 17 rings (SSSR count). The number of hydrogen-bond acceptors (Lipinski definition) is 6. The Balaban J connectivity index is 0.921. The molecule has 4 aliphatic heterocycles. The van der Waals surface area contributed by atoms with E-state index in [2.05, 4.69) is 312 Å². The summed E-state index contributed by atoms with van der Waals surface area (Å²) in [4.78, 5) is 9.70. The lowest BCUT2D eigenvalue weighted by molar-refractivity contribution is 0.468. The van der Waals surface area contributed by atoms with Crippen molar-refractivity contribution in [3.05, 3.63) is 291 Å². The third-order valence-electron chi connectivity index (χ3n) is 17.3. The maximum Gasteiger partial charge on any atom is 0.260 e. The van der Waals surface area contributed by atoms with Crippen molar-refractivity contribution in [2.24, 2.45) is 0 Å². The van der Waals surface area contributed by atoms with Crippen LogP contribution in [0.5, 0.6) is 23.0 Å². The number of nitrogens with zero attached hydrogens (tertiary/aromatic N) is 4. The van der Waals surface area contributed by atoms with Gasteiger partial charge in [0, 0.05) is 84.9 Å². The molecule has 13 aromatic rings. The molecule has 0 radical (unpaired) electrons. The normalized spacial score (nSPS) is 13.0. The van der Waals surface area contributed by atoms with E-state index < -0.39 is 0 Å². The van der Waals surface area contributed by atoms with E-state index >= 15 is 0 Å². The van der Waals surface area contributed by atoms with Crippen molar-refractivity contribution >= 4 is 136 Å². The third-order valence-corrected chi connectivity index (χ3v) is 17.3. The molecule has 0 spiro atoms. The SMILES string of the molecule is Cc1ccc(N2c3ccccc3B3c4cc5c(cc4N(c4ccccc4)c4c3c2cc2cc(N(c3ccccc3)c3ccccc3)ccc42)Oc2c3c(cc4cc(N(c6ccccc6)c6ccccc6)ccc24)Oc2ccccc2B53)cc1. The van der Waals surface area contributed by atoms with E-state index in [4.69, 9.17) is 9.47 Å². The van der Waals surface area contributed by atoms with Gasteiger partial charge in [-0.05, 0) is 172 Å². The van der Waals surface area contributed by atoms with Crippen molar-refractivity contribution in [2.45, 2.75) is 6.92 Å². The molecule has 388 valence electrons. The minimum absolute atomic E-state index is 0.143. The van der Waals surface area contributed by atoms with E-state index in [1.165, 1.54) is 22.0 Å². The van der Waals surface area contributed by atoms with Crippen LogP contribution in [0.3, 0.4) is 0 Å². The smallest absolute Gasteiger partial charge is 0.260 e. The first kappa shape index (κ1) is 47.1. The van der Waals surface area contributed by atoms with E-state index in [0.717, 1.165) is 129 Å². The average molecular weight is 1060 g/mol. The average Bonchev–Trinajstić information content (AvgIpc) is 2.34. The van der Waals surface area contributed by atoms with Crippen LogP contribution in [-0.4, -0.2) is 13.4 Å². The van der Waals surface area contributed by atoms with Crippen molar-refractivity contribution in [3.8, 4) is 23.0 Å². The molecule has 0 fully saturated rings. The van der Waals surface area contributed by atoms with Crippen LogP contribution < -0.4 is 61.9 Å². The third kappa shape index (κ3) is 7.39. The van der Waals surface area contributed by atoms with Crippen molar-refractivity contribution in [1.29, 1.82) is 0 Å². The van der Waals surface area contributed by atoms with Crippen molar-refractivity contribution in [2.75, 3.05) is 19.6 Å². The lowest BCUT2D eigenvalue weighted by atomic mass is 9.30. The predicted molar refractivity (Wildman–Crippen MR) is 347 cm³/mol. The summed E-state index contributed by atoms with van der Waals surface area (Å²) in [6, 6.07) is 103. The van der Waals surface area contributed by atoms with Crippen molar-refractivity contribution in [3.63, 3.8) is 0 Å². The molecule has 0 unspecified atom stereocenters. The summed E-state index contributed by atoms with van der Waals surface area (Å²) in [7, 11) is 0. The number of para-hydroxylation sites is 7. The molecule has 13 aromatic carbocycles. The molecule has 0 atom stereocenters. The second kappa shape index (κ2) is 18.7. The number of benzene rings is 13. The summed E-state index contributed by atoms with van der Waals surface area (Å²) < 4.78 is 14.6. The quantitative estimate of drug-likeness (QED) is 0.141. The van der Waals surface area contributed by atoms with Crippen LogP contribution in [-0.2, 0) is 0 Å². The Kier molecular flexibility index (Phi) is 10.6. The van der Waals surface area contributed by atoms with Crippen LogP contribution >= 0.6 is 0 Å². The van der Waals surface area contributed by atoms with Gasteiger partial charge >= 0.3 is 0 Å². The van der Waals surface area contributed by atoms with Gasteiger partial charge in [-0.25, -0.2) is 0 Å². The lowest BCUT2D eigenvalue weighted by Crippen LogP contribution is -2.64.